The molecule has 1 aliphatic rings. The molecular formula is C20H27N3O3. The Kier molecular flexibility index (Phi) is 6.44. The Bertz CT molecular complexity index is 667. The molecule has 6 heteroatoms. The van der Waals surface area contributed by atoms with E-state index in [4.69, 9.17) is 9.15 Å². The number of rotatable bonds is 7. The highest BCUT2D eigenvalue weighted by molar-refractivity contribution is 5.83. The van der Waals surface area contributed by atoms with Crippen molar-refractivity contribution in [3.05, 3.63) is 60.1 Å². The zero-order valence-corrected chi connectivity index (χ0v) is 15.4. The van der Waals surface area contributed by atoms with E-state index in [-0.39, 0.29) is 18.0 Å². The van der Waals surface area contributed by atoms with E-state index in [1.807, 2.05) is 61.5 Å². The highest BCUT2D eigenvalue weighted by atomic mass is 16.5. The molecular weight excluding hydrogens is 330 g/mol. The summed E-state index contributed by atoms with van der Waals surface area (Å²) in [6, 6.07) is 13.4. The van der Waals surface area contributed by atoms with Gasteiger partial charge in [-0.15, -0.1) is 0 Å². The second-order valence-electron chi connectivity index (χ2n) is 6.70. The first-order valence-electron chi connectivity index (χ1n) is 9.01. The van der Waals surface area contributed by atoms with Gasteiger partial charge in [0.15, 0.2) is 0 Å². The lowest BCUT2D eigenvalue weighted by Crippen LogP contribution is -2.45. The lowest BCUT2D eigenvalue weighted by atomic mass is 10.0. The number of amides is 1. The number of carbonyl (C=O) groups excluding carboxylic acids is 1. The van der Waals surface area contributed by atoms with Gasteiger partial charge in [0.2, 0.25) is 5.91 Å². The van der Waals surface area contributed by atoms with Crippen LogP contribution in [0.25, 0.3) is 0 Å². The molecule has 140 valence electrons. The SMILES string of the molecule is CN(C)C(C(=O)NCC(c1ccco1)N1CCOCC1)c1ccccc1. The van der Waals surface area contributed by atoms with E-state index < -0.39 is 0 Å². The third-order valence-electron chi connectivity index (χ3n) is 4.71. The number of hydrogen-bond acceptors (Lipinski definition) is 5. The first kappa shape index (κ1) is 18.6. The molecule has 2 aromatic rings. The van der Waals surface area contributed by atoms with Gasteiger partial charge in [0.1, 0.15) is 11.8 Å². The Balaban J connectivity index is 1.70. The molecule has 0 saturated carbocycles. The minimum Gasteiger partial charge on any atom is -0.468 e. The van der Waals surface area contributed by atoms with Crippen molar-refractivity contribution in [3.63, 3.8) is 0 Å². The lowest BCUT2D eigenvalue weighted by Gasteiger charge is -2.34. The Hall–Kier alpha value is -2.15. The number of ether oxygens (including phenoxy) is 1. The number of benzene rings is 1. The number of furan rings is 1. The lowest BCUT2D eigenvalue weighted by molar-refractivity contribution is -0.126. The third kappa shape index (κ3) is 4.52. The average Bonchev–Trinajstić information content (AvgIpc) is 3.18. The molecule has 2 atom stereocenters. The number of likely N-dealkylation sites (N-methyl/N-ethyl adjacent to an activating group) is 1. The zero-order chi connectivity index (χ0) is 18.4. The molecule has 1 aliphatic heterocycles. The van der Waals surface area contributed by atoms with Crippen molar-refractivity contribution < 1.29 is 13.9 Å². The van der Waals surface area contributed by atoms with Crippen LogP contribution >= 0.6 is 0 Å². The van der Waals surface area contributed by atoms with Crippen LogP contribution in [0.1, 0.15) is 23.4 Å². The Labute approximate surface area is 154 Å². The predicted molar refractivity (Wildman–Crippen MR) is 99.7 cm³/mol. The quantitative estimate of drug-likeness (QED) is 0.822. The molecule has 1 fully saturated rings. The normalized spacial score (nSPS) is 17.8. The van der Waals surface area contributed by atoms with Crippen LogP contribution in [-0.2, 0) is 9.53 Å². The maximum atomic E-state index is 12.9. The number of hydrogen-bond donors (Lipinski definition) is 1. The summed E-state index contributed by atoms with van der Waals surface area (Å²) in [5, 5.41) is 3.13. The fourth-order valence-electron chi connectivity index (χ4n) is 3.39. The molecule has 0 spiro atoms. The van der Waals surface area contributed by atoms with Crippen LogP contribution in [0.5, 0.6) is 0 Å². The minimum atomic E-state index is -0.321. The molecule has 6 nitrogen and oxygen atoms in total. The second kappa shape index (κ2) is 8.98. The molecule has 0 radical (unpaired) electrons. The molecule has 1 saturated heterocycles. The van der Waals surface area contributed by atoms with Crippen molar-refractivity contribution in [1.82, 2.24) is 15.1 Å². The highest BCUT2D eigenvalue weighted by Crippen LogP contribution is 2.23. The van der Waals surface area contributed by atoms with Crippen molar-refractivity contribution >= 4 is 5.91 Å². The molecule has 1 aromatic heterocycles. The number of nitrogens with one attached hydrogen (secondary N) is 1. The molecule has 1 aromatic carbocycles. The maximum absolute atomic E-state index is 12.9. The van der Waals surface area contributed by atoms with Crippen LogP contribution in [0.3, 0.4) is 0 Å². The summed E-state index contributed by atoms with van der Waals surface area (Å²) in [5.74, 6) is 0.860. The largest absolute Gasteiger partial charge is 0.468 e. The minimum absolute atomic E-state index is 0.00832. The van der Waals surface area contributed by atoms with Crippen LogP contribution in [0.2, 0.25) is 0 Å². The van der Waals surface area contributed by atoms with Crippen LogP contribution < -0.4 is 5.32 Å². The smallest absolute Gasteiger partial charge is 0.242 e. The molecule has 2 unspecified atom stereocenters. The molecule has 0 aliphatic carbocycles. The third-order valence-corrected chi connectivity index (χ3v) is 4.71. The first-order valence-corrected chi connectivity index (χ1v) is 9.01. The molecule has 2 heterocycles. The summed E-state index contributed by atoms with van der Waals surface area (Å²) in [5.41, 5.74) is 0.982. The summed E-state index contributed by atoms with van der Waals surface area (Å²) >= 11 is 0. The topological polar surface area (TPSA) is 58.0 Å². The number of nitrogens with zero attached hydrogens (tertiary/aromatic N) is 2. The van der Waals surface area contributed by atoms with Crippen molar-refractivity contribution in [2.75, 3.05) is 46.9 Å². The first-order chi connectivity index (χ1) is 12.7. The van der Waals surface area contributed by atoms with E-state index in [0.717, 1.165) is 24.4 Å². The van der Waals surface area contributed by atoms with E-state index in [9.17, 15) is 4.79 Å². The average molecular weight is 357 g/mol. The summed E-state index contributed by atoms with van der Waals surface area (Å²) < 4.78 is 11.1. The van der Waals surface area contributed by atoms with E-state index in [2.05, 4.69) is 10.2 Å². The Morgan fingerprint density at radius 2 is 1.88 bits per heavy atom. The maximum Gasteiger partial charge on any atom is 0.242 e. The molecule has 1 amide bonds. The zero-order valence-electron chi connectivity index (χ0n) is 15.4. The fraction of sp³-hybridized carbons (Fsp3) is 0.450. The van der Waals surface area contributed by atoms with Gasteiger partial charge in [-0.05, 0) is 31.8 Å². The van der Waals surface area contributed by atoms with Crippen molar-refractivity contribution in [2.24, 2.45) is 0 Å². The van der Waals surface area contributed by atoms with E-state index in [1.165, 1.54) is 0 Å². The van der Waals surface area contributed by atoms with Gasteiger partial charge >= 0.3 is 0 Å². The van der Waals surface area contributed by atoms with Gasteiger partial charge < -0.3 is 14.5 Å². The Morgan fingerprint density at radius 3 is 2.50 bits per heavy atom. The van der Waals surface area contributed by atoms with E-state index in [1.54, 1.807) is 6.26 Å². The van der Waals surface area contributed by atoms with Crippen molar-refractivity contribution in [3.8, 4) is 0 Å². The van der Waals surface area contributed by atoms with Crippen LogP contribution in [0, 0.1) is 0 Å². The summed E-state index contributed by atoms with van der Waals surface area (Å²) in [6.07, 6.45) is 1.68. The standard InChI is InChI=1S/C20H27N3O3/c1-22(2)19(16-7-4-3-5-8-16)20(24)21-15-17(18-9-6-12-26-18)23-10-13-25-14-11-23/h3-9,12,17,19H,10-11,13-15H2,1-2H3,(H,21,24). The van der Waals surface area contributed by atoms with Gasteiger partial charge in [0.05, 0.1) is 25.5 Å². The van der Waals surface area contributed by atoms with Gasteiger partial charge in [0, 0.05) is 19.6 Å². The van der Waals surface area contributed by atoms with Crippen LogP contribution in [-0.4, -0.2) is 62.7 Å². The fourth-order valence-corrected chi connectivity index (χ4v) is 3.39. The van der Waals surface area contributed by atoms with Crippen LogP contribution in [0.15, 0.2) is 53.1 Å². The molecule has 1 N–H and O–H groups in total. The summed E-state index contributed by atoms with van der Waals surface area (Å²) in [4.78, 5) is 17.1. The van der Waals surface area contributed by atoms with Crippen molar-refractivity contribution in [1.29, 1.82) is 0 Å². The second-order valence-corrected chi connectivity index (χ2v) is 6.70. The van der Waals surface area contributed by atoms with E-state index >= 15 is 0 Å². The van der Waals surface area contributed by atoms with Gasteiger partial charge in [-0.25, -0.2) is 0 Å². The monoisotopic (exact) mass is 357 g/mol. The molecule has 26 heavy (non-hydrogen) atoms. The van der Waals surface area contributed by atoms with E-state index in [0.29, 0.717) is 19.8 Å². The van der Waals surface area contributed by atoms with Gasteiger partial charge in [0.25, 0.3) is 0 Å². The Morgan fingerprint density at radius 1 is 1.15 bits per heavy atom. The number of carbonyl (C=O) groups is 1. The van der Waals surface area contributed by atoms with Gasteiger partial charge in [-0.3, -0.25) is 14.6 Å². The summed E-state index contributed by atoms with van der Waals surface area (Å²) in [6.45, 7) is 3.57. The van der Waals surface area contributed by atoms with Crippen molar-refractivity contribution in [2.45, 2.75) is 12.1 Å². The van der Waals surface area contributed by atoms with Gasteiger partial charge in [-0.2, -0.15) is 0 Å². The summed E-state index contributed by atoms with van der Waals surface area (Å²) in [7, 11) is 3.84. The van der Waals surface area contributed by atoms with Crippen LogP contribution in [0.4, 0.5) is 0 Å². The number of morpholine rings is 1. The van der Waals surface area contributed by atoms with Gasteiger partial charge in [-0.1, -0.05) is 30.3 Å². The predicted octanol–water partition coefficient (Wildman–Crippen LogP) is 2.07. The molecule has 0 bridgehead atoms. The highest BCUT2D eigenvalue weighted by Gasteiger charge is 2.28. The molecule has 3 rings (SSSR count).